The SMILES string of the molecule is CCC(c1nnc(SCC(=O)N2CCOCC2)o1)N(C)C. The maximum Gasteiger partial charge on any atom is 0.277 e. The Morgan fingerprint density at radius 3 is 2.71 bits per heavy atom. The molecule has 0 bridgehead atoms. The number of thioether (sulfide) groups is 1. The van der Waals surface area contributed by atoms with Gasteiger partial charge in [0.2, 0.25) is 11.8 Å². The maximum absolute atomic E-state index is 12.0. The van der Waals surface area contributed by atoms with Crippen LogP contribution in [0.2, 0.25) is 0 Å². The molecule has 8 heteroatoms. The molecule has 1 saturated heterocycles. The largest absolute Gasteiger partial charge is 0.414 e. The van der Waals surface area contributed by atoms with Crippen molar-refractivity contribution in [1.82, 2.24) is 20.0 Å². The number of carbonyl (C=O) groups is 1. The van der Waals surface area contributed by atoms with Gasteiger partial charge in [-0.25, -0.2) is 0 Å². The Kier molecular flexibility index (Phi) is 6.01. The van der Waals surface area contributed by atoms with E-state index in [9.17, 15) is 4.79 Å². The van der Waals surface area contributed by atoms with Crippen molar-refractivity contribution in [2.24, 2.45) is 0 Å². The van der Waals surface area contributed by atoms with Crippen LogP contribution in [0.5, 0.6) is 0 Å². The summed E-state index contributed by atoms with van der Waals surface area (Å²) < 4.78 is 10.9. The highest BCUT2D eigenvalue weighted by molar-refractivity contribution is 7.99. The van der Waals surface area contributed by atoms with Gasteiger partial charge in [-0.2, -0.15) is 0 Å². The zero-order valence-electron chi connectivity index (χ0n) is 12.7. The number of morpholine rings is 1. The van der Waals surface area contributed by atoms with Gasteiger partial charge in [0.05, 0.1) is 25.0 Å². The van der Waals surface area contributed by atoms with Crippen LogP contribution in [0, 0.1) is 0 Å². The summed E-state index contributed by atoms with van der Waals surface area (Å²) in [5, 5.41) is 8.53. The summed E-state index contributed by atoms with van der Waals surface area (Å²) in [5.41, 5.74) is 0. The van der Waals surface area contributed by atoms with E-state index in [4.69, 9.17) is 9.15 Å². The number of nitrogens with zero attached hydrogens (tertiary/aromatic N) is 4. The van der Waals surface area contributed by atoms with Gasteiger partial charge in [-0.05, 0) is 20.5 Å². The van der Waals surface area contributed by atoms with Crippen LogP contribution in [0.3, 0.4) is 0 Å². The van der Waals surface area contributed by atoms with Crippen LogP contribution in [0.4, 0.5) is 0 Å². The Bertz CT molecular complexity index is 460. The standard InChI is InChI=1S/C13H22N4O3S/c1-4-10(16(2)3)12-14-15-13(20-12)21-9-11(18)17-5-7-19-8-6-17/h10H,4-9H2,1-3H3. The molecule has 1 unspecified atom stereocenters. The summed E-state index contributed by atoms with van der Waals surface area (Å²) in [4.78, 5) is 15.9. The molecule has 1 aliphatic rings. The average Bonchev–Trinajstić information content (AvgIpc) is 2.94. The highest BCUT2D eigenvalue weighted by Gasteiger charge is 2.21. The number of hydrogen-bond donors (Lipinski definition) is 0. The summed E-state index contributed by atoms with van der Waals surface area (Å²) in [5.74, 6) is 1.01. The third-order valence-corrected chi connectivity index (χ3v) is 4.20. The topological polar surface area (TPSA) is 71.7 Å². The summed E-state index contributed by atoms with van der Waals surface area (Å²) in [6.07, 6.45) is 0.895. The lowest BCUT2D eigenvalue weighted by Crippen LogP contribution is -2.41. The zero-order valence-corrected chi connectivity index (χ0v) is 13.6. The normalized spacial score (nSPS) is 17.2. The molecular weight excluding hydrogens is 292 g/mol. The highest BCUT2D eigenvalue weighted by atomic mass is 32.2. The molecule has 21 heavy (non-hydrogen) atoms. The van der Waals surface area contributed by atoms with Crippen LogP contribution in [0.1, 0.15) is 25.3 Å². The first-order chi connectivity index (χ1) is 10.1. The predicted molar refractivity (Wildman–Crippen MR) is 79.1 cm³/mol. The smallest absolute Gasteiger partial charge is 0.277 e. The van der Waals surface area contributed by atoms with Crippen LogP contribution in [-0.4, -0.2) is 72.1 Å². The lowest BCUT2D eigenvalue weighted by molar-refractivity contribution is -0.132. The molecule has 7 nitrogen and oxygen atoms in total. The maximum atomic E-state index is 12.0. The molecule has 1 fully saturated rings. The molecule has 0 aliphatic carbocycles. The molecule has 2 rings (SSSR count). The van der Waals surface area contributed by atoms with Gasteiger partial charge in [-0.15, -0.1) is 10.2 Å². The Morgan fingerprint density at radius 1 is 1.38 bits per heavy atom. The van der Waals surface area contributed by atoms with Crippen molar-refractivity contribution in [3.05, 3.63) is 5.89 Å². The van der Waals surface area contributed by atoms with Crippen molar-refractivity contribution in [3.63, 3.8) is 0 Å². The van der Waals surface area contributed by atoms with E-state index in [-0.39, 0.29) is 11.9 Å². The van der Waals surface area contributed by atoms with Crippen molar-refractivity contribution < 1.29 is 13.9 Å². The second kappa shape index (κ2) is 7.77. The number of ether oxygens (including phenoxy) is 1. The first kappa shape index (κ1) is 16.3. The molecule has 0 saturated carbocycles. The molecule has 1 aromatic rings. The van der Waals surface area contributed by atoms with Crippen molar-refractivity contribution >= 4 is 17.7 Å². The number of aromatic nitrogens is 2. The first-order valence-electron chi connectivity index (χ1n) is 7.10. The Balaban J connectivity index is 1.86. The van der Waals surface area contributed by atoms with Crippen LogP contribution in [-0.2, 0) is 9.53 Å². The number of amides is 1. The highest BCUT2D eigenvalue weighted by Crippen LogP contribution is 2.24. The molecule has 2 heterocycles. The van der Waals surface area contributed by atoms with Gasteiger partial charge in [0, 0.05) is 13.1 Å². The Hall–Kier alpha value is -1.12. The lowest BCUT2D eigenvalue weighted by atomic mass is 10.2. The van der Waals surface area contributed by atoms with E-state index in [0.29, 0.717) is 43.2 Å². The fraction of sp³-hybridized carbons (Fsp3) is 0.769. The van der Waals surface area contributed by atoms with E-state index in [1.54, 1.807) is 0 Å². The summed E-state index contributed by atoms with van der Waals surface area (Å²) in [6.45, 7) is 4.62. The molecule has 1 amide bonds. The minimum absolute atomic E-state index is 0.0858. The average molecular weight is 314 g/mol. The molecule has 1 aliphatic heterocycles. The molecule has 0 spiro atoms. The fourth-order valence-corrected chi connectivity index (χ4v) is 2.87. The molecule has 0 aromatic carbocycles. The number of hydrogen-bond acceptors (Lipinski definition) is 7. The van der Waals surface area contributed by atoms with Crippen molar-refractivity contribution in [1.29, 1.82) is 0 Å². The van der Waals surface area contributed by atoms with Gasteiger partial charge in [0.25, 0.3) is 5.22 Å². The Morgan fingerprint density at radius 2 is 2.10 bits per heavy atom. The van der Waals surface area contributed by atoms with E-state index in [1.165, 1.54) is 11.8 Å². The van der Waals surface area contributed by atoms with Crippen LogP contribution in [0.15, 0.2) is 9.64 Å². The molecule has 1 atom stereocenters. The monoisotopic (exact) mass is 314 g/mol. The van der Waals surface area contributed by atoms with Gasteiger partial charge in [-0.3, -0.25) is 9.69 Å². The van der Waals surface area contributed by atoms with E-state index in [2.05, 4.69) is 17.1 Å². The molecule has 0 radical (unpaired) electrons. The predicted octanol–water partition coefficient (Wildman–Crippen LogP) is 1.03. The van der Waals surface area contributed by atoms with Gasteiger partial charge >= 0.3 is 0 Å². The minimum atomic E-state index is 0.0858. The molecule has 1 aromatic heterocycles. The van der Waals surface area contributed by atoms with E-state index >= 15 is 0 Å². The molecular formula is C13H22N4O3S. The first-order valence-corrected chi connectivity index (χ1v) is 8.08. The van der Waals surface area contributed by atoms with Gasteiger partial charge in [0.15, 0.2) is 0 Å². The van der Waals surface area contributed by atoms with Crippen LogP contribution >= 0.6 is 11.8 Å². The van der Waals surface area contributed by atoms with E-state index in [0.717, 1.165) is 6.42 Å². The van der Waals surface area contributed by atoms with Gasteiger partial charge < -0.3 is 14.1 Å². The quantitative estimate of drug-likeness (QED) is 0.726. The molecule has 0 N–H and O–H groups in total. The van der Waals surface area contributed by atoms with Crippen molar-refractivity contribution in [2.75, 3.05) is 46.2 Å². The Labute approximate surface area is 129 Å². The van der Waals surface area contributed by atoms with Crippen molar-refractivity contribution in [3.8, 4) is 0 Å². The van der Waals surface area contributed by atoms with Crippen LogP contribution in [0.25, 0.3) is 0 Å². The fourth-order valence-electron chi connectivity index (χ4n) is 2.20. The third kappa shape index (κ3) is 4.42. The second-order valence-corrected chi connectivity index (χ2v) is 6.00. The van der Waals surface area contributed by atoms with Gasteiger partial charge in [0.1, 0.15) is 0 Å². The summed E-state index contributed by atoms with van der Waals surface area (Å²) >= 11 is 1.29. The summed E-state index contributed by atoms with van der Waals surface area (Å²) in [6, 6.07) is 0.113. The molecule has 118 valence electrons. The minimum Gasteiger partial charge on any atom is -0.414 e. The summed E-state index contributed by atoms with van der Waals surface area (Å²) in [7, 11) is 3.96. The number of carbonyl (C=O) groups excluding carboxylic acids is 1. The van der Waals surface area contributed by atoms with Gasteiger partial charge in [-0.1, -0.05) is 18.7 Å². The van der Waals surface area contributed by atoms with Crippen molar-refractivity contribution in [2.45, 2.75) is 24.6 Å². The van der Waals surface area contributed by atoms with E-state index < -0.39 is 0 Å². The second-order valence-electron chi connectivity index (χ2n) is 5.08. The van der Waals surface area contributed by atoms with E-state index in [1.807, 2.05) is 23.9 Å². The zero-order chi connectivity index (χ0) is 15.2. The lowest BCUT2D eigenvalue weighted by Gasteiger charge is -2.26. The number of rotatable bonds is 6. The third-order valence-electron chi connectivity index (χ3n) is 3.40. The van der Waals surface area contributed by atoms with Crippen LogP contribution < -0.4 is 0 Å².